The van der Waals surface area contributed by atoms with Crippen LogP contribution in [0, 0.1) is 0 Å². The van der Waals surface area contributed by atoms with Gasteiger partial charge in [0.1, 0.15) is 12.4 Å². The van der Waals surface area contributed by atoms with Crippen LogP contribution in [0.5, 0.6) is 5.75 Å². The van der Waals surface area contributed by atoms with Gasteiger partial charge < -0.3 is 10.5 Å². The second-order valence-corrected chi connectivity index (χ2v) is 4.71. The van der Waals surface area contributed by atoms with Crippen LogP contribution in [0.15, 0.2) is 48.5 Å². The van der Waals surface area contributed by atoms with Crippen molar-refractivity contribution in [3.8, 4) is 5.75 Å². The first-order chi connectivity index (χ1) is 8.65. The van der Waals surface area contributed by atoms with E-state index in [0.29, 0.717) is 6.61 Å². The molecular formula is C15H16ClNO. The highest BCUT2D eigenvalue weighted by atomic mass is 35.5. The summed E-state index contributed by atoms with van der Waals surface area (Å²) < 4.78 is 5.72. The topological polar surface area (TPSA) is 35.2 Å². The fourth-order valence-electron chi connectivity index (χ4n) is 1.63. The van der Waals surface area contributed by atoms with E-state index in [1.807, 2.05) is 55.5 Å². The molecule has 0 aromatic heterocycles. The van der Waals surface area contributed by atoms with E-state index in [9.17, 15) is 0 Å². The monoisotopic (exact) mass is 261 g/mol. The van der Waals surface area contributed by atoms with Gasteiger partial charge >= 0.3 is 0 Å². The van der Waals surface area contributed by atoms with Crippen LogP contribution < -0.4 is 10.5 Å². The number of ether oxygens (including phenoxy) is 1. The van der Waals surface area contributed by atoms with E-state index in [1.165, 1.54) is 0 Å². The van der Waals surface area contributed by atoms with E-state index in [0.717, 1.165) is 21.9 Å². The van der Waals surface area contributed by atoms with Gasteiger partial charge in [-0.1, -0.05) is 35.9 Å². The van der Waals surface area contributed by atoms with Crippen LogP contribution in [0.1, 0.15) is 24.1 Å². The van der Waals surface area contributed by atoms with Gasteiger partial charge in [-0.05, 0) is 42.3 Å². The molecule has 3 heteroatoms. The Labute approximate surface area is 112 Å². The highest BCUT2D eigenvalue weighted by Gasteiger charge is 2.01. The summed E-state index contributed by atoms with van der Waals surface area (Å²) >= 11 is 5.83. The van der Waals surface area contributed by atoms with E-state index in [1.54, 1.807) is 0 Å². The molecule has 1 atom stereocenters. The van der Waals surface area contributed by atoms with Crippen molar-refractivity contribution in [1.29, 1.82) is 0 Å². The summed E-state index contributed by atoms with van der Waals surface area (Å²) in [6.07, 6.45) is 0. The second kappa shape index (κ2) is 5.89. The Morgan fingerprint density at radius 2 is 1.89 bits per heavy atom. The minimum Gasteiger partial charge on any atom is -0.489 e. The Morgan fingerprint density at radius 1 is 1.17 bits per heavy atom. The highest BCUT2D eigenvalue weighted by molar-refractivity contribution is 6.30. The van der Waals surface area contributed by atoms with Crippen LogP contribution in [0.4, 0.5) is 0 Å². The van der Waals surface area contributed by atoms with Crippen molar-refractivity contribution in [1.82, 2.24) is 0 Å². The highest BCUT2D eigenvalue weighted by Crippen LogP contribution is 2.19. The van der Waals surface area contributed by atoms with Gasteiger partial charge in [0.25, 0.3) is 0 Å². The van der Waals surface area contributed by atoms with Crippen molar-refractivity contribution in [2.24, 2.45) is 5.73 Å². The van der Waals surface area contributed by atoms with Crippen LogP contribution in [0.25, 0.3) is 0 Å². The average molecular weight is 262 g/mol. The first-order valence-electron chi connectivity index (χ1n) is 5.88. The zero-order valence-corrected chi connectivity index (χ0v) is 11.0. The zero-order chi connectivity index (χ0) is 13.0. The SMILES string of the molecule is C[C@@H](N)c1cccc(OCc2ccc(Cl)cc2)c1. The quantitative estimate of drug-likeness (QED) is 0.905. The maximum absolute atomic E-state index is 5.84. The van der Waals surface area contributed by atoms with Crippen molar-refractivity contribution in [3.05, 3.63) is 64.7 Å². The van der Waals surface area contributed by atoms with Gasteiger partial charge in [0.15, 0.2) is 0 Å². The predicted molar refractivity (Wildman–Crippen MR) is 74.8 cm³/mol. The summed E-state index contributed by atoms with van der Waals surface area (Å²) in [5, 5.41) is 0.734. The summed E-state index contributed by atoms with van der Waals surface area (Å²) in [6, 6.07) is 15.5. The molecule has 0 fully saturated rings. The van der Waals surface area contributed by atoms with Crippen LogP contribution in [0.2, 0.25) is 5.02 Å². The van der Waals surface area contributed by atoms with Gasteiger partial charge in [-0.25, -0.2) is 0 Å². The van der Waals surface area contributed by atoms with Crippen LogP contribution >= 0.6 is 11.6 Å². The number of rotatable bonds is 4. The first-order valence-corrected chi connectivity index (χ1v) is 6.26. The second-order valence-electron chi connectivity index (χ2n) is 4.28. The van der Waals surface area contributed by atoms with Gasteiger partial charge in [-0.15, -0.1) is 0 Å². The third-order valence-corrected chi connectivity index (χ3v) is 2.95. The maximum Gasteiger partial charge on any atom is 0.120 e. The Hall–Kier alpha value is -1.51. The van der Waals surface area contributed by atoms with Gasteiger partial charge in [0.05, 0.1) is 0 Å². The van der Waals surface area contributed by atoms with Crippen molar-refractivity contribution in [3.63, 3.8) is 0 Å². The molecule has 2 aromatic carbocycles. The number of nitrogens with two attached hydrogens (primary N) is 1. The molecule has 2 aromatic rings. The van der Waals surface area contributed by atoms with Crippen molar-refractivity contribution in [2.75, 3.05) is 0 Å². The van der Waals surface area contributed by atoms with Gasteiger partial charge in [0.2, 0.25) is 0 Å². The molecule has 0 saturated carbocycles. The lowest BCUT2D eigenvalue weighted by Gasteiger charge is -2.10. The molecule has 2 rings (SSSR count). The van der Waals surface area contributed by atoms with E-state index in [-0.39, 0.29) is 6.04 Å². The van der Waals surface area contributed by atoms with Gasteiger partial charge in [-0.3, -0.25) is 0 Å². The molecule has 0 saturated heterocycles. The molecule has 0 bridgehead atoms. The Bertz CT molecular complexity index is 508. The minimum absolute atomic E-state index is 0.0177. The zero-order valence-electron chi connectivity index (χ0n) is 10.3. The summed E-state index contributed by atoms with van der Waals surface area (Å²) in [5.74, 6) is 0.833. The summed E-state index contributed by atoms with van der Waals surface area (Å²) in [5.41, 5.74) is 8.00. The smallest absolute Gasteiger partial charge is 0.120 e. The lowest BCUT2D eigenvalue weighted by Crippen LogP contribution is -2.05. The maximum atomic E-state index is 5.84. The normalized spacial score (nSPS) is 12.2. The summed E-state index contributed by atoms with van der Waals surface area (Å²) in [6.45, 7) is 2.48. The molecule has 0 amide bonds. The summed E-state index contributed by atoms with van der Waals surface area (Å²) in [7, 11) is 0. The summed E-state index contributed by atoms with van der Waals surface area (Å²) in [4.78, 5) is 0. The molecule has 94 valence electrons. The van der Waals surface area contributed by atoms with Crippen molar-refractivity contribution in [2.45, 2.75) is 19.6 Å². The molecular weight excluding hydrogens is 246 g/mol. The number of hydrogen-bond acceptors (Lipinski definition) is 2. The Morgan fingerprint density at radius 3 is 2.56 bits per heavy atom. The average Bonchev–Trinajstić information content (AvgIpc) is 2.38. The third-order valence-electron chi connectivity index (χ3n) is 2.70. The fourth-order valence-corrected chi connectivity index (χ4v) is 1.76. The number of halogens is 1. The van der Waals surface area contributed by atoms with Crippen LogP contribution in [0.3, 0.4) is 0 Å². The number of benzene rings is 2. The lowest BCUT2D eigenvalue weighted by molar-refractivity contribution is 0.306. The minimum atomic E-state index is 0.0177. The largest absolute Gasteiger partial charge is 0.489 e. The molecule has 0 radical (unpaired) electrons. The van der Waals surface area contributed by atoms with Crippen molar-refractivity contribution >= 4 is 11.6 Å². The lowest BCUT2D eigenvalue weighted by atomic mass is 10.1. The predicted octanol–water partition coefficient (Wildman–Crippen LogP) is 3.94. The molecule has 0 aliphatic rings. The fraction of sp³-hybridized carbons (Fsp3) is 0.200. The van der Waals surface area contributed by atoms with Gasteiger partial charge in [-0.2, -0.15) is 0 Å². The molecule has 18 heavy (non-hydrogen) atoms. The third kappa shape index (κ3) is 3.49. The van der Waals surface area contributed by atoms with E-state index in [4.69, 9.17) is 22.1 Å². The standard InChI is InChI=1S/C15H16ClNO/c1-11(17)13-3-2-4-15(9-13)18-10-12-5-7-14(16)8-6-12/h2-9,11H,10,17H2,1H3/t11-/m1/s1. The van der Waals surface area contributed by atoms with Crippen molar-refractivity contribution < 1.29 is 4.74 Å². The Balaban J connectivity index is 2.01. The van der Waals surface area contributed by atoms with E-state index >= 15 is 0 Å². The molecule has 0 aliphatic heterocycles. The van der Waals surface area contributed by atoms with Crippen LogP contribution in [-0.2, 0) is 6.61 Å². The van der Waals surface area contributed by atoms with Crippen LogP contribution in [-0.4, -0.2) is 0 Å². The molecule has 0 unspecified atom stereocenters. The van der Waals surface area contributed by atoms with Gasteiger partial charge in [0, 0.05) is 11.1 Å². The van der Waals surface area contributed by atoms with E-state index < -0.39 is 0 Å². The number of hydrogen-bond donors (Lipinski definition) is 1. The molecule has 2 nitrogen and oxygen atoms in total. The van der Waals surface area contributed by atoms with E-state index in [2.05, 4.69) is 0 Å². The Kier molecular flexibility index (Phi) is 4.24. The molecule has 0 spiro atoms. The molecule has 0 heterocycles. The molecule has 2 N–H and O–H groups in total. The first kappa shape index (κ1) is 12.9. The molecule has 0 aliphatic carbocycles.